The van der Waals surface area contributed by atoms with Gasteiger partial charge in [-0.1, -0.05) is 13.8 Å². The highest BCUT2D eigenvalue weighted by Crippen LogP contribution is 2.04. The molecule has 1 heterocycles. The summed E-state index contributed by atoms with van der Waals surface area (Å²) < 4.78 is 0. The molecule has 1 saturated heterocycles. The van der Waals surface area contributed by atoms with Gasteiger partial charge in [0, 0.05) is 39.1 Å². The predicted octanol–water partition coefficient (Wildman–Crippen LogP) is 0.834. The van der Waals surface area contributed by atoms with Gasteiger partial charge in [0.05, 0.1) is 0 Å². The first-order chi connectivity index (χ1) is 9.02. The number of carboxylic acid groups (broad SMARTS) is 1. The lowest BCUT2D eigenvalue weighted by atomic mass is 10.1. The van der Waals surface area contributed by atoms with Crippen molar-refractivity contribution in [2.45, 2.75) is 26.7 Å². The minimum absolute atomic E-state index is 0.0390. The monoisotopic (exact) mass is 271 g/mol. The van der Waals surface area contributed by atoms with Crippen LogP contribution in [0.25, 0.3) is 0 Å². The number of carboxylic acids is 1. The minimum atomic E-state index is -0.824. The summed E-state index contributed by atoms with van der Waals surface area (Å²) in [4.78, 5) is 26.6. The van der Waals surface area contributed by atoms with Crippen LogP contribution in [0.15, 0.2) is 0 Å². The molecule has 0 aromatic heterocycles. The molecule has 6 heteroatoms. The van der Waals surface area contributed by atoms with Gasteiger partial charge >= 0.3 is 12.0 Å². The molecule has 19 heavy (non-hydrogen) atoms. The molecule has 0 spiro atoms. The first-order valence-electron chi connectivity index (χ1n) is 6.99. The van der Waals surface area contributed by atoms with Gasteiger partial charge in [0.2, 0.25) is 0 Å². The van der Waals surface area contributed by atoms with Crippen LogP contribution in [-0.2, 0) is 4.79 Å². The number of hydrogen-bond donors (Lipinski definition) is 2. The fraction of sp³-hybridized carbons (Fsp3) is 0.846. The second kappa shape index (κ2) is 7.99. The van der Waals surface area contributed by atoms with Crippen LogP contribution in [0.3, 0.4) is 0 Å². The summed E-state index contributed by atoms with van der Waals surface area (Å²) in [5.41, 5.74) is 0. The Morgan fingerprint density at radius 3 is 2.42 bits per heavy atom. The summed E-state index contributed by atoms with van der Waals surface area (Å²) in [6.45, 7) is 8.83. The van der Waals surface area contributed by atoms with Crippen molar-refractivity contribution in [2.24, 2.45) is 5.92 Å². The van der Waals surface area contributed by atoms with E-state index in [9.17, 15) is 9.59 Å². The highest BCUT2D eigenvalue weighted by Gasteiger charge is 2.20. The zero-order valence-electron chi connectivity index (χ0n) is 11.9. The molecular formula is C13H25N3O3. The van der Waals surface area contributed by atoms with Crippen LogP contribution in [0, 0.1) is 5.92 Å². The van der Waals surface area contributed by atoms with Crippen LogP contribution in [0.4, 0.5) is 4.79 Å². The third-order valence-electron chi connectivity index (χ3n) is 3.32. The molecule has 0 radical (unpaired) electrons. The molecule has 0 aromatic rings. The molecule has 1 fully saturated rings. The zero-order valence-corrected chi connectivity index (χ0v) is 11.9. The Morgan fingerprint density at radius 1 is 1.26 bits per heavy atom. The van der Waals surface area contributed by atoms with E-state index < -0.39 is 5.97 Å². The molecule has 0 bridgehead atoms. The summed E-state index contributed by atoms with van der Waals surface area (Å²) >= 11 is 0. The van der Waals surface area contributed by atoms with Crippen molar-refractivity contribution in [2.75, 3.05) is 39.3 Å². The molecule has 6 nitrogen and oxygen atoms in total. The fourth-order valence-electron chi connectivity index (χ4n) is 2.23. The molecular weight excluding hydrogens is 246 g/mol. The first-order valence-corrected chi connectivity index (χ1v) is 6.99. The first kappa shape index (κ1) is 15.8. The number of carbonyl (C=O) groups is 2. The quantitative estimate of drug-likeness (QED) is 0.750. The van der Waals surface area contributed by atoms with E-state index in [0.29, 0.717) is 6.54 Å². The molecule has 0 saturated carbocycles. The molecule has 1 unspecified atom stereocenters. The van der Waals surface area contributed by atoms with Crippen LogP contribution < -0.4 is 5.32 Å². The Labute approximate surface area is 114 Å². The van der Waals surface area contributed by atoms with E-state index >= 15 is 0 Å². The van der Waals surface area contributed by atoms with E-state index in [0.717, 1.165) is 39.1 Å². The Hall–Kier alpha value is -1.30. The highest BCUT2D eigenvalue weighted by molar-refractivity contribution is 5.74. The van der Waals surface area contributed by atoms with Gasteiger partial charge in [0.15, 0.2) is 0 Å². The Bertz CT molecular complexity index is 302. The van der Waals surface area contributed by atoms with Gasteiger partial charge in [-0.2, -0.15) is 0 Å². The number of nitrogens with zero attached hydrogens (tertiary/aromatic N) is 2. The second-order valence-electron chi connectivity index (χ2n) is 5.22. The predicted molar refractivity (Wildman–Crippen MR) is 73.1 cm³/mol. The summed E-state index contributed by atoms with van der Waals surface area (Å²) in [6, 6.07) is -0.0756. The highest BCUT2D eigenvalue weighted by atomic mass is 16.4. The summed E-state index contributed by atoms with van der Waals surface area (Å²) in [5, 5.41) is 11.5. The molecule has 2 N–H and O–H groups in total. The summed E-state index contributed by atoms with van der Waals surface area (Å²) in [7, 11) is 0. The van der Waals surface area contributed by atoms with Gasteiger partial charge in [0.25, 0.3) is 0 Å². The second-order valence-corrected chi connectivity index (χ2v) is 5.22. The number of rotatable bonds is 6. The Balaban J connectivity index is 2.22. The molecule has 110 valence electrons. The van der Waals surface area contributed by atoms with Gasteiger partial charge < -0.3 is 15.3 Å². The van der Waals surface area contributed by atoms with Crippen LogP contribution in [0.1, 0.15) is 26.7 Å². The van der Waals surface area contributed by atoms with Crippen molar-refractivity contribution in [3.8, 4) is 0 Å². The largest absolute Gasteiger partial charge is 0.481 e. The van der Waals surface area contributed by atoms with E-state index in [2.05, 4.69) is 17.1 Å². The van der Waals surface area contributed by atoms with Crippen LogP contribution in [0.5, 0.6) is 0 Å². The lowest BCUT2D eigenvalue weighted by Crippen LogP contribution is -2.52. The number of urea groups is 1. The van der Waals surface area contributed by atoms with E-state index in [1.165, 1.54) is 0 Å². The molecule has 1 atom stereocenters. The third-order valence-corrected chi connectivity index (χ3v) is 3.32. The normalized spacial score (nSPS) is 18.1. The molecule has 2 amide bonds. The molecule has 0 aliphatic carbocycles. The molecule has 1 aliphatic heterocycles. The van der Waals surface area contributed by atoms with Crippen LogP contribution >= 0.6 is 0 Å². The van der Waals surface area contributed by atoms with Crippen molar-refractivity contribution in [3.63, 3.8) is 0 Å². The Morgan fingerprint density at radius 2 is 1.89 bits per heavy atom. The number of piperazine rings is 1. The average molecular weight is 271 g/mol. The zero-order chi connectivity index (χ0) is 14.3. The molecule has 1 rings (SSSR count). The molecule has 0 aromatic carbocycles. The van der Waals surface area contributed by atoms with Gasteiger partial charge in [-0.25, -0.2) is 4.79 Å². The number of aliphatic carboxylic acids is 1. The third kappa shape index (κ3) is 5.92. The maximum absolute atomic E-state index is 11.9. The van der Waals surface area contributed by atoms with Crippen molar-refractivity contribution >= 4 is 12.0 Å². The van der Waals surface area contributed by atoms with Gasteiger partial charge in [-0.05, 0) is 18.9 Å². The maximum atomic E-state index is 11.9. The van der Waals surface area contributed by atoms with E-state index in [1.807, 2.05) is 6.92 Å². The van der Waals surface area contributed by atoms with Crippen molar-refractivity contribution in [1.82, 2.24) is 15.1 Å². The topological polar surface area (TPSA) is 72.9 Å². The van der Waals surface area contributed by atoms with Crippen LogP contribution in [-0.4, -0.2) is 66.2 Å². The van der Waals surface area contributed by atoms with Crippen LogP contribution in [0.2, 0.25) is 0 Å². The van der Waals surface area contributed by atoms with Crippen molar-refractivity contribution < 1.29 is 14.7 Å². The lowest BCUT2D eigenvalue weighted by molar-refractivity contribution is -0.137. The number of hydrogen-bond acceptors (Lipinski definition) is 3. The number of carbonyl (C=O) groups excluding carboxylic acids is 1. The maximum Gasteiger partial charge on any atom is 0.317 e. The fourth-order valence-corrected chi connectivity index (χ4v) is 2.23. The van der Waals surface area contributed by atoms with Crippen molar-refractivity contribution in [3.05, 3.63) is 0 Å². The standard InChI is InChI=1S/C13H25N3O3/c1-3-4-15-5-7-16(8-6-15)13(19)14-10-11(2)9-12(17)18/h11H,3-10H2,1-2H3,(H,14,19)(H,17,18). The van der Waals surface area contributed by atoms with Gasteiger partial charge in [-0.3, -0.25) is 9.69 Å². The summed E-state index contributed by atoms with van der Waals surface area (Å²) in [5.74, 6) is -0.863. The lowest BCUT2D eigenvalue weighted by Gasteiger charge is -2.34. The Kier molecular flexibility index (Phi) is 6.62. The molecule has 1 aliphatic rings. The van der Waals surface area contributed by atoms with Gasteiger partial charge in [-0.15, -0.1) is 0 Å². The van der Waals surface area contributed by atoms with Gasteiger partial charge in [0.1, 0.15) is 0 Å². The number of nitrogens with one attached hydrogen (secondary N) is 1. The number of amides is 2. The van der Waals surface area contributed by atoms with E-state index in [4.69, 9.17) is 5.11 Å². The minimum Gasteiger partial charge on any atom is -0.481 e. The van der Waals surface area contributed by atoms with Crippen molar-refractivity contribution in [1.29, 1.82) is 0 Å². The SMILES string of the molecule is CCCN1CCN(C(=O)NCC(C)CC(=O)O)CC1. The van der Waals surface area contributed by atoms with E-state index in [-0.39, 0.29) is 18.4 Å². The smallest absolute Gasteiger partial charge is 0.317 e. The average Bonchev–Trinajstić information content (AvgIpc) is 2.36. The van der Waals surface area contributed by atoms with E-state index in [1.54, 1.807) is 4.90 Å². The summed E-state index contributed by atoms with van der Waals surface area (Å²) in [6.07, 6.45) is 1.23.